The molecule has 4 heteroatoms. The van der Waals surface area contributed by atoms with Crippen molar-refractivity contribution in [1.82, 2.24) is 0 Å². The standard InChI is InChI=1S/C21H24BrO2Si/c1-21(2,23)16-15-18(10-9-17-22)24-25(19-11-5-3-6-12-19)20-13-7-4-8-14-20/h3-8,11-14,18,23H,9-10,17H2,1-2H3. The van der Waals surface area contributed by atoms with Crippen molar-refractivity contribution in [2.45, 2.75) is 38.4 Å². The Labute approximate surface area is 161 Å². The van der Waals surface area contributed by atoms with Crippen molar-refractivity contribution in [2.24, 2.45) is 0 Å². The highest BCUT2D eigenvalue weighted by molar-refractivity contribution is 9.09. The monoisotopic (exact) mass is 415 g/mol. The van der Waals surface area contributed by atoms with Crippen LogP contribution >= 0.6 is 15.9 Å². The highest BCUT2D eigenvalue weighted by Crippen LogP contribution is 2.08. The molecule has 0 aromatic heterocycles. The lowest BCUT2D eigenvalue weighted by molar-refractivity contribution is 0.142. The highest BCUT2D eigenvalue weighted by Gasteiger charge is 2.23. The SMILES string of the molecule is CC(C)(O)C#CC(CCCBr)O[Si](c1ccccc1)c1ccccc1. The lowest BCUT2D eigenvalue weighted by atomic mass is 10.1. The van der Waals surface area contributed by atoms with E-state index in [-0.39, 0.29) is 6.10 Å². The van der Waals surface area contributed by atoms with Crippen LogP contribution in [0.1, 0.15) is 26.7 Å². The van der Waals surface area contributed by atoms with Crippen LogP contribution in [0.3, 0.4) is 0 Å². The Morgan fingerprint density at radius 2 is 1.56 bits per heavy atom. The number of hydrogen-bond acceptors (Lipinski definition) is 2. The molecule has 1 atom stereocenters. The zero-order valence-electron chi connectivity index (χ0n) is 14.7. The summed E-state index contributed by atoms with van der Waals surface area (Å²) in [4.78, 5) is 0. The van der Waals surface area contributed by atoms with Gasteiger partial charge in [-0.3, -0.25) is 0 Å². The molecule has 0 saturated carbocycles. The van der Waals surface area contributed by atoms with Gasteiger partial charge in [-0.1, -0.05) is 88.4 Å². The Kier molecular flexibility index (Phi) is 7.92. The summed E-state index contributed by atoms with van der Waals surface area (Å²) in [5.74, 6) is 6.07. The van der Waals surface area contributed by atoms with Crippen LogP contribution in [0.4, 0.5) is 0 Å². The maximum atomic E-state index is 9.93. The van der Waals surface area contributed by atoms with Gasteiger partial charge < -0.3 is 9.53 Å². The van der Waals surface area contributed by atoms with Crippen molar-refractivity contribution in [1.29, 1.82) is 0 Å². The number of rotatable bonds is 7. The summed E-state index contributed by atoms with van der Waals surface area (Å²) in [6.07, 6.45) is 1.62. The van der Waals surface area contributed by atoms with E-state index in [1.807, 2.05) is 36.4 Å². The highest BCUT2D eigenvalue weighted by atomic mass is 79.9. The first-order valence-electron chi connectivity index (χ1n) is 8.45. The molecule has 1 unspecified atom stereocenters. The van der Waals surface area contributed by atoms with Crippen LogP contribution in [0.5, 0.6) is 0 Å². The van der Waals surface area contributed by atoms with E-state index in [0.29, 0.717) is 0 Å². The van der Waals surface area contributed by atoms with Crippen molar-refractivity contribution >= 4 is 35.3 Å². The van der Waals surface area contributed by atoms with Gasteiger partial charge >= 0.3 is 0 Å². The van der Waals surface area contributed by atoms with Crippen molar-refractivity contribution in [3.63, 3.8) is 0 Å². The molecule has 2 rings (SSSR count). The Morgan fingerprint density at radius 1 is 1.04 bits per heavy atom. The fraction of sp³-hybridized carbons (Fsp3) is 0.333. The molecule has 0 saturated heterocycles. The van der Waals surface area contributed by atoms with Gasteiger partial charge in [0, 0.05) is 5.33 Å². The number of aliphatic hydroxyl groups is 1. The molecule has 1 N–H and O–H groups in total. The van der Waals surface area contributed by atoms with Crippen LogP contribution in [0.25, 0.3) is 0 Å². The van der Waals surface area contributed by atoms with E-state index in [1.54, 1.807) is 13.8 Å². The summed E-state index contributed by atoms with van der Waals surface area (Å²) in [6.45, 7) is 3.39. The van der Waals surface area contributed by atoms with Gasteiger partial charge in [-0.05, 0) is 37.1 Å². The van der Waals surface area contributed by atoms with Gasteiger partial charge in [0.1, 0.15) is 11.7 Å². The van der Waals surface area contributed by atoms with Crippen molar-refractivity contribution in [3.8, 4) is 11.8 Å². The Balaban J connectivity index is 2.29. The second-order valence-corrected chi connectivity index (χ2v) is 9.17. The van der Waals surface area contributed by atoms with Gasteiger partial charge in [-0.15, -0.1) is 0 Å². The Hall–Kier alpha value is -1.38. The van der Waals surface area contributed by atoms with Crippen LogP contribution in [0.15, 0.2) is 60.7 Å². The minimum atomic E-state index is -1.39. The largest absolute Gasteiger partial charge is 0.393 e. The molecule has 131 valence electrons. The molecule has 0 bridgehead atoms. The van der Waals surface area contributed by atoms with Crippen LogP contribution in [-0.2, 0) is 4.43 Å². The summed E-state index contributed by atoms with van der Waals surface area (Å²) in [7, 11) is -1.39. The normalized spacial score (nSPS) is 12.5. The molecule has 0 fully saturated rings. The predicted octanol–water partition coefficient (Wildman–Crippen LogP) is 3.13. The van der Waals surface area contributed by atoms with Crippen LogP contribution < -0.4 is 10.4 Å². The first kappa shape index (κ1) is 19.9. The quantitative estimate of drug-likeness (QED) is 0.427. The van der Waals surface area contributed by atoms with Crippen LogP contribution in [0, 0.1) is 11.8 Å². The summed E-state index contributed by atoms with van der Waals surface area (Å²) in [5, 5.41) is 13.2. The third-order valence-corrected chi connectivity index (χ3v) is 6.27. The van der Waals surface area contributed by atoms with E-state index in [4.69, 9.17) is 4.43 Å². The van der Waals surface area contributed by atoms with E-state index >= 15 is 0 Å². The Bertz CT molecular complexity index is 647. The van der Waals surface area contributed by atoms with Gasteiger partial charge in [0.15, 0.2) is 0 Å². The van der Waals surface area contributed by atoms with Gasteiger partial charge in [0.25, 0.3) is 9.04 Å². The van der Waals surface area contributed by atoms with Crippen molar-refractivity contribution < 1.29 is 9.53 Å². The van der Waals surface area contributed by atoms with Gasteiger partial charge in [-0.2, -0.15) is 0 Å². The molecule has 2 nitrogen and oxygen atoms in total. The summed E-state index contributed by atoms with van der Waals surface area (Å²) in [6, 6.07) is 20.7. The lowest BCUT2D eigenvalue weighted by Crippen LogP contribution is -2.47. The minimum absolute atomic E-state index is 0.196. The summed E-state index contributed by atoms with van der Waals surface area (Å²) >= 11 is 3.48. The predicted molar refractivity (Wildman–Crippen MR) is 110 cm³/mol. The van der Waals surface area contributed by atoms with E-state index in [1.165, 1.54) is 10.4 Å². The number of alkyl halides is 1. The Morgan fingerprint density at radius 3 is 2.00 bits per heavy atom. The first-order chi connectivity index (χ1) is 12.0. The fourth-order valence-electron chi connectivity index (χ4n) is 2.30. The van der Waals surface area contributed by atoms with E-state index in [0.717, 1.165) is 18.2 Å². The van der Waals surface area contributed by atoms with Crippen LogP contribution in [-0.4, -0.2) is 31.2 Å². The molecular formula is C21H24BrO2Si. The molecular weight excluding hydrogens is 392 g/mol. The third-order valence-electron chi connectivity index (χ3n) is 3.47. The summed E-state index contributed by atoms with van der Waals surface area (Å²) < 4.78 is 6.52. The van der Waals surface area contributed by atoms with Gasteiger partial charge in [-0.25, -0.2) is 0 Å². The number of hydrogen-bond donors (Lipinski definition) is 1. The van der Waals surface area contributed by atoms with E-state index < -0.39 is 14.6 Å². The zero-order chi connectivity index (χ0) is 18.1. The topological polar surface area (TPSA) is 29.5 Å². The molecule has 0 heterocycles. The second-order valence-electron chi connectivity index (χ2n) is 6.33. The summed E-state index contributed by atoms with van der Waals surface area (Å²) in [5.41, 5.74) is -1.01. The second kappa shape index (κ2) is 9.93. The maximum Gasteiger partial charge on any atom is 0.284 e. The first-order valence-corrected chi connectivity index (χ1v) is 11.0. The van der Waals surface area contributed by atoms with E-state index in [9.17, 15) is 5.11 Å². The molecule has 0 spiro atoms. The minimum Gasteiger partial charge on any atom is -0.393 e. The van der Waals surface area contributed by atoms with Gasteiger partial charge in [0.2, 0.25) is 0 Å². The molecule has 1 radical (unpaired) electrons. The molecule has 0 amide bonds. The van der Waals surface area contributed by atoms with E-state index in [2.05, 4.69) is 52.0 Å². The van der Waals surface area contributed by atoms with Crippen molar-refractivity contribution in [3.05, 3.63) is 60.7 Å². The molecule has 0 aliphatic heterocycles. The average molecular weight is 416 g/mol. The molecule has 2 aromatic carbocycles. The van der Waals surface area contributed by atoms with Crippen LogP contribution in [0.2, 0.25) is 0 Å². The molecule has 0 aliphatic carbocycles. The number of benzene rings is 2. The average Bonchev–Trinajstić information content (AvgIpc) is 2.62. The molecule has 25 heavy (non-hydrogen) atoms. The molecule has 0 aliphatic rings. The maximum absolute atomic E-state index is 9.93. The molecule has 2 aromatic rings. The van der Waals surface area contributed by atoms with Gasteiger partial charge in [0.05, 0.1) is 0 Å². The van der Waals surface area contributed by atoms with Crippen molar-refractivity contribution in [2.75, 3.05) is 5.33 Å². The fourth-order valence-corrected chi connectivity index (χ4v) is 4.69. The lowest BCUT2D eigenvalue weighted by Gasteiger charge is -2.21. The smallest absolute Gasteiger partial charge is 0.284 e. The third kappa shape index (κ3) is 7.17. The zero-order valence-corrected chi connectivity index (χ0v) is 17.3. The number of halogens is 1.